The van der Waals surface area contributed by atoms with E-state index in [0.29, 0.717) is 13.0 Å². The van der Waals surface area contributed by atoms with Gasteiger partial charge in [0.1, 0.15) is 11.9 Å². The predicted molar refractivity (Wildman–Crippen MR) is 125 cm³/mol. The number of benzene rings is 1. The zero-order chi connectivity index (χ0) is 25.3. The fraction of sp³-hybridized carbons (Fsp3) is 0.478. The maximum Gasteiger partial charge on any atom is 0.248 e. The lowest BCUT2D eigenvalue weighted by Crippen LogP contribution is -2.55. The van der Waals surface area contributed by atoms with E-state index in [1.165, 1.54) is 18.2 Å². The van der Waals surface area contributed by atoms with E-state index in [1.54, 1.807) is 6.92 Å². The highest BCUT2D eigenvalue weighted by molar-refractivity contribution is 6.30. The molecule has 2 rings (SSSR count). The highest BCUT2D eigenvalue weighted by Gasteiger charge is 2.33. The molecule has 0 aliphatic heterocycles. The van der Waals surface area contributed by atoms with Crippen molar-refractivity contribution in [2.75, 3.05) is 6.54 Å². The molecule has 1 fully saturated rings. The van der Waals surface area contributed by atoms with Crippen molar-refractivity contribution < 1.29 is 28.7 Å². The number of carbonyl (C=O) groups is 4. The van der Waals surface area contributed by atoms with Crippen LogP contribution >= 0.6 is 11.6 Å². The van der Waals surface area contributed by atoms with Crippen LogP contribution in [0.5, 0.6) is 0 Å². The monoisotopic (exact) mass is 496 g/mol. The van der Waals surface area contributed by atoms with E-state index >= 15 is 0 Å². The number of hydrogen-bond donors (Lipinski definition) is 5. The van der Waals surface area contributed by atoms with Crippen molar-refractivity contribution in [3.8, 4) is 0 Å². The van der Waals surface area contributed by atoms with Gasteiger partial charge in [-0.3, -0.25) is 19.2 Å². The Bertz CT molecular complexity index is 938. The molecule has 0 aromatic heterocycles. The fourth-order valence-corrected chi connectivity index (χ4v) is 3.46. The first-order valence-electron chi connectivity index (χ1n) is 11.1. The predicted octanol–water partition coefficient (Wildman–Crippen LogP) is 1.02. The van der Waals surface area contributed by atoms with E-state index in [9.17, 15) is 28.7 Å². The van der Waals surface area contributed by atoms with Crippen LogP contribution in [-0.2, 0) is 19.2 Å². The van der Waals surface area contributed by atoms with E-state index in [0.717, 1.165) is 25.0 Å². The van der Waals surface area contributed by atoms with Crippen molar-refractivity contribution in [2.45, 2.75) is 57.2 Å². The Kier molecular flexibility index (Phi) is 10.5. The SMILES string of the molecule is CCNC(=O)CCC(NC(=O)[C@H](CC1CC1)NC(=O)/C=C/c1ccc(Cl)cc1F)C(O)C(N)=O. The first kappa shape index (κ1) is 27.3. The number of rotatable bonds is 13. The lowest BCUT2D eigenvalue weighted by atomic mass is 10.0. The smallest absolute Gasteiger partial charge is 0.248 e. The summed E-state index contributed by atoms with van der Waals surface area (Å²) in [4.78, 5) is 48.6. The van der Waals surface area contributed by atoms with Gasteiger partial charge in [0.15, 0.2) is 6.10 Å². The lowest BCUT2D eigenvalue weighted by molar-refractivity contribution is -0.132. The molecule has 0 bridgehead atoms. The van der Waals surface area contributed by atoms with Crippen LogP contribution in [0.4, 0.5) is 4.39 Å². The Morgan fingerprint density at radius 3 is 2.56 bits per heavy atom. The molecular formula is C23H30ClFN4O5. The van der Waals surface area contributed by atoms with Gasteiger partial charge in [0.05, 0.1) is 6.04 Å². The molecule has 9 nitrogen and oxygen atoms in total. The highest BCUT2D eigenvalue weighted by atomic mass is 35.5. The molecule has 34 heavy (non-hydrogen) atoms. The molecule has 3 atom stereocenters. The summed E-state index contributed by atoms with van der Waals surface area (Å²) >= 11 is 5.72. The van der Waals surface area contributed by atoms with Gasteiger partial charge in [-0.05, 0) is 43.9 Å². The second-order valence-corrected chi connectivity index (χ2v) is 8.63. The van der Waals surface area contributed by atoms with Crippen LogP contribution in [0.2, 0.25) is 5.02 Å². The van der Waals surface area contributed by atoms with E-state index in [4.69, 9.17) is 17.3 Å². The quantitative estimate of drug-likeness (QED) is 0.258. The number of halogens is 2. The standard InChI is InChI=1S/C23H30ClFN4O5/c1-2-27-19(30)10-8-17(21(32)22(26)33)29-23(34)18(11-13-3-4-13)28-20(31)9-6-14-5-7-15(24)12-16(14)25/h5-7,9,12-13,17-18,21,32H,2-4,8,10-11H2,1H3,(H2,26,33)(H,27,30)(H,28,31)(H,29,34)/b9-6+/t17?,18-,21?/m0/s1. The van der Waals surface area contributed by atoms with Crippen molar-refractivity contribution in [1.29, 1.82) is 0 Å². The van der Waals surface area contributed by atoms with E-state index in [2.05, 4.69) is 16.0 Å². The molecule has 0 radical (unpaired) electrons. The van der Waals surface area contributed by atoms with Gasteiger partial charge >= 0.3 is 0 Å². The van der Waals surface area contributed by atoms with Crippen LogP contribution in [0.1, 0.15) is 44.6 Å². The zero-order valence-electron chi connectivity index (χ0n) is 18.9. The minimum absolute atomic E-state index is 0.0263. The van der Waals surface area contributed by atoms with Gasteiger partial charge in [-0.25, -0.2) is 4.39 Å². The van der Waals surface area contributed by atoms with Gasteiger partial charge in [-0.2, -0.15) is 0 Å². The summed E-state index contributed by atoms with van der Waals surface area (Å²) in [6.07, 6.45) is 2.77. The first-order chi connectivity index (χ1) is 16.1. The number of nitrogens with two attached hydrogens (primary N) is 1. The number of carbonyl (C=O) groups excluding carboxylic acids is 4. The van der Waals surface area contributed by atoms with Crippen molar-refractivity contribution in [2.24, 2.45) is 11.7 Å². The summed E-state index contributed by atoms with van der Waals surface area (Å²) in [5, 5.41) is 18.1. The molecule has 1 aromatic rings. The van der Waals surface area contributed by atoms with Gasteiger partial charge in [0.25, 0.3) is 0 Å². The summed E-state index contributed by atoms with van der Waals surface area (Å²) in [6.45, 7) is 2.16. The normalized spacial score (nSPS) is 15.9. The Labute approximate surface area is 202 Å². The summed E-state index contributed by atoms with van der Waals surface area (Å²) in [5.74, 6) is -2.93. The Hall–Kier alpha value is -2.98. The zero-order valence-corrected chi connectivity index (χ0v) is 19.6. The topological polar surface area (TPSA) is 151 Å². The number of nitrogens with one attached hydrogen (secondary N) is 3. The molecule has 0 heterocycles. The molecule has 4 amide bonds. The Morgan fingerprint density at radius 2 is 1.97 bits per heavy atom. The highest BCUT2D eigenvalue weighted by Crippen LogP contribution is 2.33. The molecule has 1 saturated carbocycles. The average molecular weight is 497 g/mol. The van der Waals surface area contributed by atoms with Crippen molar-refractivity contribution in [3.05, 3.63) is 40.7 Å². The summed E-state index contributed by atoms with van der Waals surface area (Å²) < 4.78 is 13.9. The van der Waals surface area contributed by atoms with Crippen LogP contribution in [0.25, 0.3) is 6.08 Å². The Balaban J connectivity index is 2.06. The third-order valence-electron chi connectivity index (χ3n) is 5.33. The number of aliphatic hydroxyl groups is 1. The minimum atomic E-state index is -1.71. The van der Waals surface area contributed by atoms with Gasteiger partial charge in [-0.15, -0.1) is 0 Å². The molecule has 0 saturated heterocycles. The maximum atomic E-state index is 13.9. The largest absolute Gasteiger partial charge is 0.381 e. The molecule has 1 aromatic carbocycles. The van der Waals surface area contributed by atoms with Crippen LogP contribution in [0.3, 0.4) is 0 Å². The number of amides is 4. The molecule has 186 valence electrons. The van der Waals surface area contributed by atoms with Gasteiger partial charge < -0.3 is 26.8 Å². The van der Waals surface area contributed by atoms with Crippen LogP contribution in [0.15, 0.2) is 24.3 Å². The van der Waals surface area contributed by atoms with E-state index in [1.807, 2.05) is 0 Å². The molecule has 2 unspecified atom stereocenters. The fourth-order valence-electron chi connectivity index (χ4n) is 3.30. The van der Waals surface area contributed by atoms with Gasteiger partial charge in [0, 0.05) is 29.6 Å². The van der Waals surface area contributed by atoms with Crippen LogP contribution in [-0.4, -0.2) is 53.5 Å². The first-order valence-corrected chi connectivity index (χ1v) is 11.5. The summed E-state index contributed by atoms with van der Waals surface area (Å²) in [6, 6.07) is 1.96. The van der Waals surface area contributed by atoms with Gasteiger partial charge in [0.2, 0.25) is 23.6 Å². The second-order valence-electron chi connectivity index (χ2n) is 8.19. The third kappa shape index (κ3) is 9.11. The number of hydrogen-bond acceptors (Lipinski definition) is 5. The average Bonchev–Trinajstić information content (AvgIpc) is 3.59. The van der Waals surface area contributed by atoms with E-state index in [-0.39, 0.29) is 35.3 Å². The van der Waals surface area contributed by atoms with Crippen molar-refractivity contribution in [1.82, 2.24) is 16.0 Å². The van der Waals surface area contributed by atoms with E-state index < -0.39 is 41.7 Å². The molecular weight excluding hydrogens is 467 g/mol. The van der Waals surface area contributed by atoms with Crippen LogP contribution in [0, 0.1) is 11.7 Å². The molecule has 11 heteroatoms. The molecule has 1 aliphatic carbocycles. The van der Waals surface area contributed by atoms with Gasteiger partial charge in [-0.1, -0.05) is 30.5 Å². The molecule has 0 spiro atoms. The summed E-state index contributed by atoms with van der Waals surface area (Å²) in [5.41, 5.74) is 5.33. The third-order valence-corrected chi connectivity index (χ3v) is 5.57. The second kappa shape index (κ2) is 13.0. The maximum absolute atomic E-state index is 13.9. The summed E-state index contributed by atoms with van der Waals surface area (Å²) in [7, 11) is 0. The van der Waals surface area contributed by atoms with Crippen molar-refractivity contribution in [3.63, 3.8) is 0 Å². The van der Waals surface area contributed by atoms with Crippen LogP contribution < -0.4 is 21.7 Å². The minimum Gasteiger partial charge on any atom is -0.381 e. The Morgan fingerprint density at radius 1 is 1.26 bits per heavy atom. The number of aliphatic hydroxyl groups excluding tert-OH is 1. The number of primary amides is 1. The molecule has 6 N–H and O–H groups in total. The molecule has 1 aliphatic rings. The lowest BCUT2D eigenvalue weighted by Gasteiger charge is -2.25. The van der Waals surface area contributed by atoms with Crippen molar-refractivity contribution >= 4 is 41.3 Å².